The number of ether oxygens (including phenoxy) is 1. The Labute approximate surface area is 283 Å². The quantitative estimate of drug-likeness (QED) is 0.176. The molecule has 1 unspecified atom stereocenters. The third kappa shape index (κ3) is 4.98. The number of nitrogens with zero attached hydrogens (tertiary/aromatic N) is 1. The standard InChI is InChI=1S/C46H37NO/c1-32-30-36(22-29-45(32)48-3)35-20-25-39(26-21-35)47(38-23-18-34(19-24-38)33-12-6-4-7-13-33)40-27-28-42-41-16-10-11-17-43(41)46(2,44(42)31-40)37-14-8-5-9-15-37/h4-31H,1-3H3. The summed E-state index contributed by atoms with van der Waals surface area (Å²) in [7, 11) is 1.72. The van der Waals surface area contributed by atoms with Crippen LogP contribution in [0.4, 0.5) is 17.1 Å². The lowest BCUT2D eigenvalue weighted by molar-refractivity contribution is 0.412. The molecule has 0 heterocycles. The van der Waals surface area contributed by atoms with Gasteiger partial charge < -0.3 is 9.64 Å². The van der Waals surface area contributed by atoms with Crippen LogP contribution in [0, 0.1) is 6.92 Å². The highest BCUT2D eigenvalue weighted by atomic mass is 16.5. The summed E-state index contributed by atoms with van der Waals surface area (Å²) in [6.45, 7) is 4.47. The molecule has 0 amide bonds. The van der Waals surface area contributed by atoms with Gasteiger partial charge in [-0.05, 0) is 118 Å². The molecule has 1 aliphatic carbocycles. The molecule has 0 fully saturated rings. The molecule has 0 aliphatic heterocycles. The van der Waals surface area contributed by atoms with E-state index in [0.717, 1.165) is 28.4 Å². The molecule has 0 spiro atoms. The molecule has 0 saturated carbocycles. The fourth-order valence-corrected chi connectivity index (χ4v) is 7.44. The zero-order valence-corrected chi connectivity index (χ0v) is 27.5. The summed E-state index contributed by atoms with van der Waals surface area (Å²) in [6, 6.07) is 61.6. The first kappa shape index (κ1) is 29.5. The summed E-state index contributed by atoms with van der Waals surface area (Å²) < 4.78 is 5.51. The molecule has 2 heteroatoms. The van der Waals surface area contributed by atoms with Gasteiger partial charge in [-0.2, -0.15) is 0 Å². The Hall–Kier alpha value is -5.86. The van der Waals surface area contributed by atoms with Crippen LogP contribution in [0.3, 0.4) is 0 Å². The Kier molecular flexibility index (Phi) is 7.42. The van der Waals surface area contributed by atoms with Crippen molar-refractivity contribution in [3.8, 4) is 39.1 Å². The van der Waals surface area contributed by atoms with Crippen LogP contribution >= 0.6 is 0 Å². The second-order valence-electron chi connectivity index (χ2n) is 12.7. The second kappa shape index (κ2) is 12.1. The first-order chi connectivity index (χ1) is 23.5. The van der Waals surface area contributed by atoms with Crippen molar-refractivity contribution < 1.29 is 4.74 Å². The monoisotopic (exact) mass is 619 g/mol. The van der Waals surface area contributed by atoms with E-state index >= 15 is 0 Å². The Morgan fingerprint density at radius 2 is 0.979 bits per heavy atom. The summed E-state index contributed by atoms with van der Waals surface area (Å²) in [6.07, 6.45) is 0. The predicted molar refractivity (Wildman–Crippen MR) is 201 cm³/mol. The molecule has 2 nitrogen and oxygen atoms in total. The van der Waals surface area contributed by atoms with E-state index in [1.165, 1.54) is 50.1 Å². The largest absolute Gasteiger partial charge is 0.496 e. The van der Waals surface area contributed by atoms with E-state index in [-0.39, 0.29) is 5.41 Å². The smallest absolute Gasteiger partial charge is 0.121 e. The Morgan fingerprint density at radius 3 is 1.62 bits per heavy atom. The number of anilines is 3. The first-order valence-electron chi connectivity index (χ1n) is 16.6. The number of aryl methyl sites for hydroxylation is 1. The Balaban J connectivity index is 1.26. The van der Waals surface area contributed by atoms with E-state index in [1.54, 1.807) is 7.11 Å². The normalized spacial score (nSPS) is 14.6. The summed E-state index contributed by atoms with van der Waals surface area (Å²) in [5, 5.41) is 0. The maximum atomic E-state index is 5.51. The van der Waals surface area contributed by atoms with E-state index in [1.807, 2.05) is 6.07 Å². The van der Waals surface area contributed by atoms with Crippen molar-refractivity contribution in [1.82, 2.24) is 0 Å². The van der Waals surface area contributed by atoms with Gasteiger partial charge in [0.2, 0.25) is 0 Å². The molecule has 0 saturated heterocycles. The van der Waals surface area contributed by atoms with Crippen LogP contribution in [-0.2, 0) is 5.41 Å². The number of benzene rings is 7. The average molecular weight is 620 g/mol. The minimum atomic E-state index is -0.276. The van der Waals surface area contributed by atoms with Crippen molar-refractivity contribution in [1.29, 1.82) is 0 Å². The van der Waals surface area contributed by atoms with Gasteiger partial charge in [-0.25, -0.2) is 0 Å². The molecular formula is C46H37NO. The molecule has 7 aromatic rings. The summed E-state index contributed by atoms with van der Waals surface area (Å²) >= 11 is 0. The van der Waals surface area contributed by atoms with Crippen LogP contribution in [0.2, 0.25) is 0 Å². The molecule has 0 N–H and O–H groups in total. The molecule has 8 rings (SSSR count). The molecule has 48 heavy (non-hydrogen) atoms. The van der Waals surface area contributed by atoms with Gasteiger partial charge in [0.05, 0.1) is 7.11 Å². The fraction of sp³-hybridized carbons (Fsp3) is 0.0870. The predicted octanol–water partition coefficient (Wildman–Crippen LogP) is 12.1. The van der Waals surface area contributed by atoms with Gasteiger partial charge in [0.15, 0.2) is 0 Å². The molecule has 0 bridgehead atoms. The van der Waals surface area contributed by atoms with Gasteiger partial charge in [-0.15, -0.1) is 0 Å². The van der Waals surface area contributed by atoms with Crippen molar-refractivity contribution in [2.75, 3.05) is 12.0 Å². The van der Waals surface area contributed by atoms with Crippen molar-refractivity contribution in [3.05, 3.63) is 192 Å². The van der Waals surface area contributed by atoms with Crippen molar-refractivity contribution in [2.24, 2.45) is 0 Å². The molecule has 0 aromatic heterocycles. The molecule has 232 valence electrons. The van der Waals surface area contributed by atoms with E-state index in [2.05, 4.69) is 183 Å². The van der Waals surface area contributed by atoms with Crippen molar-refractivity contribution in [3.63, 3.8) is 0 Å². The van der Waals surface area contributed by atoms with Crippen LogP contribution in [0.5, 0.6) is 5.75 Å². The van der Waals surface area contributed by atoms with E-state index < -0.39 is 0 Å². The lowest BCUT2D eigenvalue weighted by atomic mass is 9.74. The highest BCUT2D eigenvalue weighted by molar-refractivity contribution is 5.88. The minimum absolute atomic E-state index is 0.276. The topological polar surface area (TPSA) is 12.5 Å². The Bertz CT molecular complexity index is 2220. The fourth-order valence-electron chi connectivity index (χ4n) is 7.44. The second-order valence-corrected chi connectivity index (χ2v) is 12.7. The first-order valence-corrected chi connectivity index (χ1v) is 16.6. The Morgan fingerprint density at radius 1 is 0.458 bits per heavy atom. The van der Waals surface area contributed by atoms with Crippen molar-refractivity contribution >= 4 is 17.1 Å². The molecular weight excluding hydrogens is 583 g/mol. The molecule has 0 radical (unpaired) electrons. The average Bonchev–Trinajstić information content (AvgIpc) is 3.41. The van der Waals surface area contributed by atoms with Crippen LogP contribution in [0.1, 0.15) is 29.2 Å². The molecule has 1 atom stereocenters. The highest BCUT2D eigenvalue weighted by Crippen LogP contribution is 2.53. The zero-order valence-electron chi connectivity index (χ0n) is 27.5. The van der Waals surface area contributed by atoms with E-state index in [9.17, 15) is 0 Å². The third-order valence-corrected chi connectivity index (χ3v) is 9.99. The highest BCUT2D eigenvalue weighted by Gasteiger charge is 2.41. The maximum Gasteiger partial charge on any atom is 0.121 e. The zero-order chi connectivity index (χ0) is 32.7. The lowest BCUT2D eigenvalue weighted by Gasteiger charge is -2.31. The maximum absolute atomic E-state index is 5.51. The lowest BCUT2D eigenvalue weighted by Crippen LogP contribution is -2.22. The van der Waals surface area contributed by atoms with Gasteiger partial charge in [0.1, 0.15) is 5.75 Å². The van der Waals surface area contributed by atoms with Crippen LogP contribution in [0.15, 0.2) is 170 Å². The molecule has 1 aliphatic rings. The SMILES string of the molecule is COc1ccc(-c2ccc(N(c3ccc(-c4ccccc4)cc3)c3ccc4c(c3)C(C)(c3ccccc3)c3ccccc3-4)cc2)cc1C. The third-order valence-electron chi connectivity index (χ3n) is 9.99. The van der Waals surface area contributed by atoms with E-state index in [4.69, 9.17) is 4.74 Å². The number of hydrogen-bond acceptors (Lipinski definition) is 2. The van der Waals surface area contributed by atoms with Gasteiger partial charge in [0, 0.05) is 22.5 Å². The summed E-state index contributed by atoms with van der Waals surface area (Å²) in [5.41, 5.74) is 15.5. The van der Waals surface area contributed by atoms with Gasteiger partial charge in [-0.1, -0.05) is 121 Å². The van der Waals surface area contributed by atoms with Gasteiger partial charge in [0.25, 0.3) is 0 Å². The number of hydrogen-bond donors (Lipinski definition) is 0. The van der Waals surface area contributed by atoms with Crippen LogP contribution in [0.25, 0.3) is 33.4 Å². The molecule has 7 aromatic carbocycles. The summed E-state index contributed by atoms with van der Waals surface area (Å²) in [5.74, 6) is 0.904. The number of fused-ring (bicyclic) bond motifs is 3. The van der Waals surface area contributed by atoms with Crippen LogP contribution < -0.4 is 9.64 Å². The number of rotatable bonds is 7. The van der Waals surface area contributed by atoms with Crippen LogP contribution in [-0.4, -0.2) is 7.11 Å². The summed E-state index contributed by atoms with van der Waals surface area (Å²) in [4.78, 5) is 2.38. The van der Waals surface area contributed by atoms with Gasteiger partial charge >= 0.3 is 0 Å². The number of methoxy groups -OCH3 is 1. The van der Waals surface area contributed by atoms with Gasteiger partial charge in [-0.3, -0.25) is 0 Å². The minimum Gasteiger partial charge on any atom is -0.496 e. The van der Waals surface area contributed by atoms with E-state index in [0.29, 0.717) is 0 Å². The van der Waals surface area contributed by atoms with Crippen molar-refractivity contribution in [2.45, 2.75) is 19.3 Å².